The molecular formula is C19H18N4O4S2. The minimum Gasteiger partial charge on any atom is -0.464 e. The minimum atomic E-state index is -0.191. The predicted octanol–water partition coefficient (Wildman–Crippen LogP) is 4.36. The van der Waals surface area contributed by atoms with Crippen LogP contribution < -0.4 is 10.9 Å². The molecule has 1 amide bonds. The largest absolute Gasteiger partial charge is 0.464 e. The van der Waals surface area contributed by atoms with Crippen molar-refractivity contribution in [3.05, 3.63) is 51.8 Å². The van der Waals surface area contributed by atoms with Crippen molar-refractivity contribution in [1.82, 2.24) is 15.1 Å². The number of thiophene rings is 1. The molecule has 0 aliphatic heterocycles. The van der Waals surface area contributed by atoms with E-state index in [4.69, 9.17) is 8.94 Å². The molecule has 4 aromatic heterocycles. The standard InChI is InChI=1S/C19H18N4O4S2/c1-10-8-14(23-27-10)20-15(24)5-7-28-11(2)17-21-18(25)16-12(9-29-19(16)22-17)13-4-3-6-26-13/h3-4,6,8-9,11H,5,7H2,1-2H3,(H,20,23,24)(H,21,22,25)/t11-/m1/s1. The Balaban J connectivity index is 1.40. The maximum Gasteiger partial charge on any atom is 0.260 e. The third kappa shape index (κ3) is 4.28. The molecule has 0 saturated carbocycles. The molecule has 0 radical (unpaired) electrons. The van der Waals surface area contributed by atoms with Crippen LogP contribution in [0.5, 0.6) is 0 Å². The molecule has 2 N–H and O–H groups in total. The lowest BCUT2D eigenvalue weighted by Crippen LogP contribution is -2.14. The highest BCUT2D eigenvalue weighted by Crippen LogP contribution is 2.33. The van der Waals surface area contributed by atoms with Crippen molar-refractivity contribution in [2.45, 2.75) is 25.5 Å². The molecule has 8 nitrogen and oxygen atoms in total. The molecule has 4 rings (SSSR count). The van der Waals surface area contributed by atoms with Gasteiger partial charge in [-0.1, -0.05) is 5.16 Å². The highest BCUT2D eigenvalue weighted by molar-refractivity contribution is 7.99. The molecule has 10 heteroatoms. The normalized spacial score (nSPS) is 12.3. The number of nitrogens with one attached hydrogen (secondary N) is 2. The zero-order valence-corrected chi connectivity index (χ0v) is 17.4. The zero-order valence-electron chi connectivity index (χ0n) is 15.7. The summed E-state index contributed by atoms with van der Waals surface area (Å²) in [5.41, 5.74) is 0.555. The lowest BCUT2D eigenvalue weighted by molar-refractivity contribution is -0.115. The first-order chi connectivity index (χ1) is 14.0. The molecular weight excluding hydrogens is 412 g/mol. The lowest BCUT2D eigenvalue weighted by Gasteiger charge is -2.10. The van der Waals surface area contributed by atoms with Crippen LogP contribution in [0.3, 0.4) is 0 Å². The molecule has 29 heavy (non-hydrogen) atoms. The number of thioether (sulfide) groups is 1. The van der Waals surface area contributed by atoms with Crippen LogP contribution in [0, 0.1) is 6.92 Å². The third-order valence-electron chi connectivity index (χ3n) is 4.23. The van der Waals surface area contributed by atoms with Gasteiger partial charge in [-0.15, -0.1) is 11.3 Å². The molecule has 0 bridgehead atoms. The molecule has 0 saturated heterocycles. The van der Waals surface area contributed by atoms with Crippen LogP contribution in [0.2, 0.25) is 0 Å². The summed E-state index contributed by atoms with van der Waals surface area (Å²) in [5.74, 6) is 2.72. The summed E-state index contributed by atoms with van der Waals surface area (Å²) in [7, 11) is 0. The quantitative estimate of drug-likeness (QED) is 0.447. The number of carbonyl (C=O) groups excluding carboxylic acids is 1. The number of rotatable bonds is 7. The molecule has 0 unspecified atom stereocenters. The van der Waals surface area contributed by atoms with Crippen LogP contribution in [0.4, 0.5) is 5.82 Å². The van der Waals surface area contributed by atoms with E-state index in [1.54, 1.807) is 37.1 Å². The van der Waals surface area contributed by atoms with Gasteiger partial charge in [0.05, 0.1) is 16.9 Å². The van der Waals surface area contributed by atoms with Crippen molar-refractivity contribution in [3.8, 4) is 11.3 Å². The van der Waals surface area contributed by atoms with Gasteiger partial charge in [0, 0.05) is 29.2 Å². The maximum absolute atomic E-state index is 12.6. The Kier molecular flexibility index (Phi) is 5.54. The number of hydrogen-bond donors (Lipinski definition) is 2. The number of aromatic amines is 1. The molecule has 0 aliphatic rings. The summed E-state index contributed by atoms with van der Waals surface area (Å²) < 4.78 is 10.3. The first-order valence-corrected chi connectivity index (χ1v) is 10.8. The second kappa shape index (κ2) is 8.26. The summed E-state index contributed by atoms with van der Waals surface area (Å²) in [6.45, 7) is 3.71. The number of furan rings is 1. The van der Waals surface area contributed by atoms with E-state index >= 15 is 0 Å². The van der Waals surface area contributed by atoms with Crippen molar-refractivity contribution < 1.29 is 13.7 Å². The van der Waals surface area contributed by atoms with Gasteiger partial charge in [-0.05, 0) is 26.0 Å². The monoisotopic (exact) mass is 430 g/mol. The SMILES string of the molecule is Cc1cc(NC(=O)CCS[C@H](C)c2nc3scc(-c4ccco4)c3c(=O)[nH]2)no1. The van der Waals surface area contributed by atoms with E-state index in [0.29, 0.717) is 45.6 Å². The van der Waals surface area contributed by atoms with Crippen LogP contribution in [0.25, 0.3) is 21.5 Å². The van der Waals surface area contributed by atoms with E-state index in [1.165, 1.54) is 11.3 Å². The third-order valence-corrected chi connectivity index (χ3v) is 6.26. The van der Waals surface area contributed by atoms with E-state index in [1.807, 2.05) is 18.4 Å². The minimum absolute atomic E-state index is 0.0663. The molecule has 4 heterocycles. The Morgan fingerprint density at radius 1 is 1.45 bits per heavy atom. The van der Waals surface area contributed by atoms with Gasteiger partial charge in [-0.3, -0.25) is 9.59 Å². The number of fused-ring (bicyclic) bond motifs is 1. The second-order valence-electron chi connectivity index (χ2n) is 6.39. The zero-order chi connectivity index (χ0) is 20.4. The summed E-state index contributed by atoms with van der Waals surface area (Å²) in [4.78, 5) is 32.8. The van der Waals surface area contributed by atoms with E-state index in [9.17, 15) is 9.59 Å². The first kappa shape index (κ1) is 19.5. The van der Waals surface area contributed by atoms with Crippen molar-refractivity contribution >= 4 is 45.0 Å². The second-order valence-corrected chi connectivity index (χ2v) is 8.70. The number of H-pyrrole nitrogens is 1. The summed E-state index contributed by atoms with van der Waals surface area (Å²) in [6, 6.07) is 5.27. The molecule has 1 atom stereocenters. The molecule has 0 fully saturated rings. The molecule has 150 valence electrons. The molecule has 0 aromatic carbocycles. The van der Waals surface area contributed by atoms with Crippen molar-refractivity contribution in [2.75, 3.05) is 11.1 Å². The van der Waals surface area contributed by atoms with Gasteiger partial charge in [0.2, 0.25) is 5.91 Å². The number of anilines is 1. The lowest BCUT2D eigenvalue weighted by atomic mass is 10.2. The molecule has 4 aromatic rings. The number of aryl methyl sites for hydroxylation is 1. The number of hydrogen-bond acceptors (Lipinski definition) is 8. The first-order valence-electron chi connectivity index (χ1n) is 8.91. The summed E-state index contributed by atoms with van der Waals surface area (Å²) >= 11 is 2.95. The molecule has 0 spiro atoms. The highest BCUT2D eigenvalue weighted by atomic mass is 32.2. The molecule has 0 aliphatic carbocycles. The van der Waals surface area contributed by atoms with Crippen molar-refractivity contribution in [2.24, 2.45) is 0 Å². The Morgan fingerprint density at radius 2 is 2.31 bits per heavy atom. The van der Waals surface area contributed by atoms with Gasteiger partial charge in [0.15, 0.2) is 5.82 Å². The van der Waals surface area contributed by atoms with Gasteiger partial charge in [0.25, 0.3) is 5.56 Å². The highest BCUT2D eigenvalue weighted by Gasteiger charge is 2.17. The maximum atomic E-state index is 12.6. The van der Waals surface area contributed by atoms with Crippen LogP contribution >= 0.6 is 23.1 Å². The number of amides is 1. The van der Waals surface area contributed by atoms with Crippen molar-refractivity contribution in [1.29, 1.82) is 0 Å². The van der Waals surface area contributed by atoms with Gasteiger partial charge in [-0.25, -0.2) is 4.98 Å². The summed E-state index contributed by atoms with van der Waals surface area (Å²) in [5, 5.41) is 8.77. The van der Waals surface area contributed by atoms with Crippen LogP contribution in [0.1, 0.15) is 30.2 Å². The van der Waals surface area contributed by atoms with E-state index in [-0.39, 0.29) is 16.7 Å². The van der Waals surface area contributed by atoms with E-state index < -0.39 is 0 Å². The van der Waals surface area contributed by atoms with Gasteiger partial charge in [0.1, 0.15) is 22.2 Å². The number of carbonyl (C=O) groups is 1. The topological polar surface area (TPSA) is 114 Å². The predicted molar refractivity (Wildman–Crippen MR) is 113 cm³/mol. The number of nitrogens with zero attached hydrogens (tertiary/aromatic N) is 2. The van der Waals surface area contributed by atoms with Crippen LogP contribution in [-0.4, -0.2) is 26.8 Å². The Morgan fingerprint density at radius 3 is 3.03 bits per heavy atom. The smallest absolute Gasteiger partial charge is 0.260 e. The average Bonchev–Trinajstić information content (AvgIpc) is 3.42. The van der Waals surface area contributed by atoms with Gasteiger partial charge in [-0.2, -0.15) is 11.8 Å². The van der Waals surface area contributed by atoms with E-state index in [2.05, 4.69) is 20.4 Å². The fourth-order valence-corrected chi connectivity index (χ4v) is 4.67. The van der Waals surface area contributed by atoms with E-state index in [0.717, 1.165) is 5.56 Å². The van der Waals surface area contributed by atoms with Crippen molar-refractivity contribution in [3.63, 3.8) is 0 Å². The fraction of sp³-hybridized carbons (Fsp3) is 0.263. The fourth-order valence-electron chi connectivity index (χ4n) is 2.81. The van der Waals surface area contributed by atoms with Gasteiger partial charge >= 0.3 is 0 Å². The Hall–Kier alpha value is -2.85. The Bertz CT molecular complexity index is 1190. The van der Waals surface area contributed by atoms with Crippen LogP contribution in [-0.2, 0) is 4.79 Å². The number of aromatic nitrogens is 3. The average molecular weight is 431 g/mol. The van der Waals surface area contributed by atoms with Gasteiger partial charge < -0.3 is 19.2 Å². The summed E-state index contributed by atoms with van der Waals surface area (Å²) in [6.07, 6.45) is 1.89. The Labute approximate surface area is 173 Å². The van der Waals surface area contributed by atoms with Crippen LogP contribution in [0.15, 0.2) is 43.6 Å².